The maximum Gasteiger partial charge on any atom is 0.243 e. The van der Waals surface area contributed by atoms with Gasteiger partial charge in [0.1, 0.15) is 6.04 Å². The molecule has 7 nitrogen and oxygen atoms in total. The van der Waals surface area contributed by atoms with Crippen LogP contribution in [0, 0.1) is 0 Å². The standard InChI is InChI=1S/C31H38ClN3O4S/c1-4-24(2)33-31(37)29(22-25-12-7-5-8-13-25)34(23-26-14-9-6-10-15-26)30(36)16-11-21-35(40(3,38)39)28-19-17-27(32)18-20-28/h5-10,12-15,17-20,24,29H,4,11,16,21-23H2,1-3H3,(H,33,37). The van der Waals surface area contributed by atoms with Crippen LogP contribution in [0.25, 0.3) is 0 Å². The Kier molecular flexibility index (Phi) is 11.6. The van der Waals surface area contributed by atoms with E-state index in [1.807, 2.05) is 74.5 Å². The quantitative estimate of drug-likeness (QED) is 0.274. The number of nitrogens with zero attached hydrogens (tertiary/aromatic N) is 2. The Hall–Kier alpha value is -3.36. The number of halogens is 1. The molecule has 214 valence electrons. The molecule has 0 aromatic heterocycles. The first-order chi connectivity index (χ1) is 19.1. The lowest BCUT2D eigenvalue weighted by Crippen LogP contribution is -2.52. The minimum absolute atomic E-state index is 0.0397. The van der Waals surface area contributed by atoms with Crippen molar-refractivity contribution in [3.8, 4) is 0 Å². The van der Waals surface area contributed by atoms with Gasteiger partial charge in [0.15, 0.2) is 0 Å². The first-order valence-electron chi connectivity index (χ1n) is 13.5. The summed E-state index contributed by atoms with van der Waals surface area (Å²) in [7, 11) is -3.58. The fraction of sp³-hybridized carbons (Fsp3) is 0.355. The molecular formula is C31H38ClN3O4S. The number of nitrogens with one attached hydrogen (secondary N) is 1. The Labute approximate surface area is 243 Å². The van der Waals surface area contributed by atoms with Gasteiger partial charge < -0.3 is 10.2 Å². The van der Waals surface area contributed by atoms with Crippen molar-refractivity contribution in [2.45, 2.75) is 58.2 Å². The molecule has 40 heavy (non-hydrogen) atoms. The van der Waals surface area contributed by atoms with Crippen LogP contribution in [0.3, 0.4) is 0 Å². The lowest BCUT2D eigenvalue weighted by Gasteiger charge is -2.32. The normalized spacial score (nSPS) is 12.8. The number of amides is 2. The van der Waals surface area contributed by atoms with Gasteiger partial charge in [-0.25, -0.2) is 8.42 Å². The Bertz CT molecular complexity index is 1340. The van der Waals surface area contributed by atoms with Crippen molar-refractivity contribution in [3.63, 3.8) is 0 Å². The van der Waals surface area contributed by atoms with Gasteiger partial charge in [-0.15, -0.1) is 0 Å². The van der Waals surface area contributed by atoms with Crippen molar-refractivity contribution in [2.24, 2.45) is 0 Å². The van der Waals surface area contributed by atoms with E-state index < -0.39 is 16.1 Å². The third-order valence-corrected chi connectivity index (χ3v) is 8.18. The van der Waals surface area contributed by atoms with E-state index >= 15 is 0 Å². The molecule has 0 aliphatic heterocycles. The molecule has 0 radical (unpaired) electrons. The molecule has 0 saturated carbocycles. The Morgan fingerprint density at radius 3 is 2.02 bits per heavy atom. The van der Waals surface area contributed by atoms with Gasteiger partial charge in [0.2, 0.25) is 21.8 Å². The van der Waals surface area contributed by atoms with Crippen LogP contribution in [0.4, 0.5) is 5.69 Å². The summed E-state index contributed by atoms with van der Waals surface area (Å²) >= 11 is 5.98. The minimum atomic E-state index is -3.58. The zero-order valence-corrected chi connectivity index (χ0v) is 24.9. The summed E-state index contributed by atoms with van der Waals surface area (Å²) in [5.41, 5.74) is 2.34. The zero-order chi connectivity index (χ0) is 29.1. The molecule has 0 spiro atoms. The maximum absolute atomic E-state index is 13.8. The molecule has 3 aromatic carbocycles. The van der Waals surface area contributed by atoms with Crippen molar-refractivity contribution >= 4 is 39.1 Å². The van der Waals surface area contributed by atoms with Crippen molar-refractivity contribution in [1.29, 1.82) is 0 Å². The minimum Gasteiger partial charge on any atom is -0.352 e. The number of carbonyl (C=O) groups excluding carboxylic acids is 2. The van der Waals surface area contributed by atoms with Gasteiger partial charge in [-0.1, -0.05) is 79.2 Å². The molecule has 0 saturated heterocycles. The molecule has 2 amide bonds. The van der Waals surface area contributed by atoms with Crippen LogP contribution in [-0.2, 0) is 32.6 Å². The van der Waals surface area contributed by atoms with E-state index in [2.05, 4.69) is 5.32 Å². The topological polar surface area (TPSA) is 86.8 Å². The highest BCUT2D eigenvalue weighted by Crippen LogP contribution is 2.22. The number of rotatable bonds is 14. The molecule has 3 rings (SSSR count). The van der Waals surface area contributed by atoms with Gasteiger partial charge >= 0.3 is 0 Å². The summed E-state index contributed by atoms with van der Waals surface area (Å²) in [5.74, 6) is -0.421. The summed E-state index contributed by atoms with van der Waals surface area (Å²) in [5, 5.41) is 3.56. The van der Waals surface area contributed by atoms with Crippen molar-refractivity contribution in [1.82, 2.24) is 10.2 Å². The Morgan fingerprint density at radius 1 is 0.900 bits per heavy atom. The van der Waals surface area contributed by atoms with Crippen molar-refractivity contribution < 1.29 is 18.0 Å². The first kappa shape index (κ1) is 31.2. The fourth-order valence-corrected chi connectivity index (χ4v) is 5.48. The fourth-order valence-electron chi connectivity index (χ4n) is 4.39. The average molecular weight is 584 g/mol. The van der Waals surface area contributed by atoms with E-state index in [1.165, 1.54) is 4.31 Å². The molecule has 0 heterocycles. The molecule has 0 fully saturated rings. The number of benzene rings is 3. The smallest absolute Gasteiger partial charge is 0.243 e. The van der Waals surface area contributed by atoms with E-state index in [0.717, 1.165) is 23.8 Å². The van der Waals surface area contributed by atoms with E-state index in [1.54, 1.807) is 29.2 Å². The Morgan fingerprint density at radius 2 is 1.48 bits per heavy atom. The Balaban J connectivity index is 1.86. The van der Waals surface area contributed by atoms with Crippen LogP contribution in [0.1, 0.15) is 44.2 Å². The summed E-state index contributed by atoms with van der Waals surface area (Å²) in [6.07, 6.45) is 2.63. The second kappa shape index (κ2) is 14.9. The number of carbonyl (C=O) groups is 2. The number of hydrogen-bond donors (Lipinski definition) is 1. The number of hydrogen-bond acceptors (Lipinski definition) is 4. The molecule has 2 atom stereocenters. The highest BCUT2D eigenvalue weighted by Gasteiger charge is 2.31. The highest BCUT2D eigenvalue weighted by molar-refractivity contribution is 7.92. The van der Waals surface area contributed by atoms with Gasteiger partial charge in [-0.3, -0.25) is 13.9 Å². The van der Waals surface area contributed by atoms with E-state index in [-0.39, 0.29) is 43.8 Å². The second-order valence-corrected chi connectivity index (χ2v) is 12.3. The lowest BCUT2D eigenvalue weighted by atomic mass is 10.0. The molecule has 0 aliphatic rings. The van der Waals surface area contributed by atoms with Gasteiger partial charge in [-0.2, -0.15) is 0 Å². The van der Waals surface area contributed by atoms with Crippen LogP contribution in [0.2, 0.25) is 5.02 Å². The maximum atomic E-state index is 13.8. The molecule has 0 aliphatic carbocycles. The predicted octanol–water partition coefficient (Wildman–Crippen LogP) is 5.44. The van der Waals surface area contributed by atoms with Crippen LogP contribution in [0.15, 0.2) is 84.9 Å². The molecule has 1 N–H and O–H groups in total. The second-order valence-electron chi connectivity index (χ2n) is 9.95. The molecule has 2 unspecified atom stereocenters. The summed E-state index contributed by atoms with van der Waals surface area (Å²) in [4.78, 5) is 29.0. The van der Waals surface area contributed by atoms with E-state index in [0.29, 0.717) is 17.1 Å². The number of sulfonamides is 1. The number of anilines is 1. The van der Waals surface area contributed by atoms with Crippen LogP contribution in [-0.4, -0.2) is 50.0 Å². The SMILES string of the molecule is CCC(C)NC(=O)C(Cc1ccccc1)N(Cc1ccccc1)C(=O)CCCN(c1ccc(Cl)cc1)S(C)(=O)=O. The largest absolute Gasteiger partial charge is 0.352 e. The van der Waals surface area contributed by atoms with Gasteiger partial charge in [0.25, 0.3) is 0 Å². The molecule has 9 heteroatoms. The predicted molar refractivity (Wildman–Crippen MR) is 162 cm³/mol. The highest BCUT2D eigenvalue weighted by atomic mass is 35.5. The van der Waals surface area contributed by atoms with Crippen LogP contribution >= 0.6 is 11.6 Å². The third kappa shape index (κ3) is 9.38. The molecule has 0 bridgehead atoms. The monoisotopic (exact) mass is 583 g/mol. The first-order valence-corrected chi connectivity index (χ1v) is 15.7. The summed E-state index contributed by atoms with van der Waals surface area (Å²) < 4.78 is 26.4. The van der Waals surface area contributed by atoms with E-state index in [4.69, 9.17) is 11.6 Å². The third-order valence-electron chi connectivity index (χ3n) is 6.73. The molecule has 3 aromatic rings. The van der Waals surface area contributed by atoms with Gasteiger partial charge in [0.05, 0.1) is 11.9 Å². The van der Waals surface area contributed by atoms with Gasteiger partial charge in [-0.05, 0) is 55.2 Å². The summed E-state index contributed by atoms with van der Waals surface area (Å²) in [6, 6.07) is 25.0. The van der Waals surface area contributed by atoms with Crippen LogP contribution < -0.4 is 9.62 Å². The van der Waals surface area contributed by atoms with E-state index in [9.17, 15) is 18.0 Å². The average Bonchev–Trinajstić information content (AvgIpc) is 2.94. The van der Waals surface area contributed by atoms with Crippen LogP contribution in [0.5, 0.6) is 0 Å². The van der Waals surface area contributed by atoms with Crippen molar-refractivity contribution in [3.05, 3.63) is 101 Å². The molecular weight excluding hydrogens is 546 g/mol. The zero-order valence-electron chi connectivity index (χ0n) is 23.3. The van der Waals surface area contributed by atoms with Gasteiger partial charge in [0, 0.05) is 37.0 Å². The summed E-state index contributed by atoms with van der Waals surface area (Å²) in [6.45, 7) is 4.32. The van der Waals surface area contributed by atoms with Crippen molar-refractivity contribution in [2.75, 3.05) is 17.1 Å². The lowest BCUT2D eigenvalue weighted by molar-refractivity contribution is -0.141.